The van der Waals surface area contributed by atoms with Gasteiger partial charge in [0.05, 0.1) is 16.7 Å². The first kappa shape index (κ1) is 17.0. The Morgan fingerprint density at radius 3 is 2.33 bits per heavy atom. The van der Waals surface area contributed by atoms with Crippen molar-refractivity contribution in [3.63, 3.8) is 0 Å². The largest absolute Gasteiger partial charge is 0.356 e. The van der Waals surface area contributed by atoms with Crippen molar-refractivity contribution in [1.29, 1.82) is 0 Å². The quantitative estimate of drug-likeness (QED) is 0.404. The van der Waals surface area contributed by atoms with Crippen LogP contribution in [-0.4, -0.2) is 14.7 Å². The number of imidazole rings is 1. The van der Waals surface area contributed by atoms with E-state index in [4.69, 9.17) is 4.98 Å². The fraction of sp³-hybridized carbons (Fsp3) is 0.0385. The van der Waals surface area contributed by atoms with E-state index in [1.54, 1.807) is 0 Å². The van der Waals surface area contributed by atoms with Crippen molar-refractivity contribution in [2.45, 2.75) is 6.35 Å². The lowest BCUT2D eigenvalue weighted by atomic mass is 10.0. The molecule has 0 aliphatic carbocycles. The van der Waals surface area contributed by atoms with Crippen LogP contribution in [0, 0.1) is 0 Å². The Kier molecular flexibility index (Phi) is 3.73. The zero-order valence-electron chi connectivity index (χ0n) is 16.2. The Morgan fingerprint density at radius 1 is 0.700 bits per heavy atom. The molecule has 0 saturated carbocycles. The first-order valence-corrected chi connectivity index (χ1v) is 10.0. The van der Waals surface area contributed by atoms with E-state index in [0.717, 1.165) is 44.9 Å². The molecule has 4 nitrogen and oxygen atoms in total. The van der Waals surface area contributed by atoms with Gasteiger partial charge in [-0.1, -0.05) is 66.7 Å². The number of anilines is 2. The zero-order valence-corrected chi connectivity index (χ0v) is 16.2. The summed E-state index contributed by atoms with van der Waals surface area (Å²) in [6.07, 6.45) is -0.895. The summed E-state index contributed by atoms with van der Waals surface area (Å²) in [7, 11) is 0. The fourth-order valence-corrected chi connectivity index (χ4v) is 4.32. The molecule has 0 saturated heterocycles. The third kappa shape index (κ3) is 2.48. The van der Waals surface area contributed by atoms with Crippen LogP contribution in [-0.2, 0) is 0 Å². The number of hydrogen-bond donors (Lipinski definition) is 1. The van der Waals surface area contributed by atoms with Crippen molar-refractivity contribution in [3.05, 3.63) is 103 Å². The maximum absolute atomic E-state index is 11.5. The van der Waals surface area contributed by atoms with Gasteiger partial charge in [-0.3, -0.25) is 9.47 Å². The van der Waals surface area contributed by atoms with Gasteiger partial charge in [-0.05, 0) is 47.5 Å². The fourth-order valence-electron chi connectivity index (χ4n) is 4.32. The van der Waals surface area contributed by atoms with Gasteiger partial charge >= 0.3 is 0 Å². The van der Waals surface area contributed by atoms with Crippen molar-refractivity contribution < 1.29 is 5.11 Å². The molecule has 4 aromatic carbocycles. The molecule has 1 aliphatic heterocycles. The van der Waals surface area contributed by atoms with Gasteiger partial charge in [0.1, 0.15) is 5.82 Å². The highest BCUT2D eigenvalue weighted by atomic mass is 16.3. The second-order valence-electron chi connectivity index (χ2n) is 7.44. The van der Waals surface area contributed by atoms with Crippen molar-refractivity contribution in [2.24, 2.45) is 0 Å². The van der Waals surface area contributed by atoms with Crippen LogP contribution in [0.1, 0.15) is 6.35 Å². The average Bonchev–Trinajstić information content (AvgIpc) is 3.20. The van der Waals surface area contributed by atoms with Crippen LogP contribution >= 0.6 is 0 Å². The van der Waals surface area contributed by atoms with E-state index < -0.39 is 6.35 Å². The number of aliphatic hydroxyl groups excluding tert-OH is 1. The Balaban J connectivity index is 1.57. The highest BCUT2D eigenvalue weighted by Crippen LogP contribution is 2.45. The molecule has 4 heteroatoms. The van der Waals surface area contributed by atoms with Crippen LogP contribution in [0.25, 0.3) is 33.5 Å². The molecule has 1 atom stereocenters. The van der Waals surface area contributed by atoms with E-state index >= 15 is 0 Å². The summed E-state index contributed by atoms with van der Waals surface area (Å²) in [5, 5.41) is 11.5. The molecule has 30 heavy (non-hydrogen) atoms. The van der Waals surface area contributed by atoms with Crippen LogP contribution in [0.4, 0.5) is 11.4 Å². The van der Waals surface area contributed by atoms with Crippen LogP contribution in [0.5, 0.6) is 0 Å². The Morgan fingerprint density at radius 2 is 1.43 bits per heavy atom. The maximum atomic E-state index is 11.5. The lowest BCUT2D eigenvalue weighted by Gasteiger charge is -2.37. The standard InChI is InChI=1S/C26H19N3O/c30-26-28(20-12-8-11-19(17-20)18-9-2-1-3-10-18)23-15-6-4-13-21(23)25-27-22-14-5-7-16-24(22)29(25)26/h1-17,26,30H. The zero-order chi connectivity index (χ0) is 20.1. The predicted octanol–water partition coefficient (Wildman–Crippen LogP) is 5.97. The Labute approximate surface area is 174 Å². The van der Waals surface area contributed by atoms with E-state index in [-0.39, 0.29) is 0 Å². The molecule has 0 bridgehead atoms. The maximum Gasteiger partial charge on any atom is 0.217 e. The van der Waals surface area contributed by atoms with E-state index in [1.165, 1.54) is 0 Å². The second kappa shape index (κ2) is 6.58. The van der Waals surface area contributed by atoms with Gasteiger partial charge in [-0.15, -0.1) is 0 Å². The molecule has 1 aromatic heterocycles. The predicted molar refractivity (Wildman–Crippen MR) is 120 cm³/mol. The highest BCUT2D eigenvalue weighted by molar-refractivity contribution is 5.89. The molecule has 2 heterocycles. The summed E-state index contributed by atoms with van der Waals surface area (Å²) in [6.45, 7) is 0. The van der Waals surface area contributed by atoms with Gasteiger partial charge in [0.15, 0.2) is 0 Å². The first-order chi connectivity index (χ1) is 14.8. The minimum atomic E-state index is -0.895. The number of para-hydroxylation sites is 3. The summed E-state index contributed by atoms with van der Waals surface area (Å²) in [5.41, 5.74) is 6.92. The molecule has 0 fully saturated rings. The van der Waals surface area contributed by atoms with E-state index in [1.807, 2.05) is 82.3 Å². The van der Waals surface area contributed by atoms with Gasteiger partial charge in [-0.2, -0.15) is 0 Å². The number of nitrogens with zero attached hydrogens (tertiary/aromatic N) is 3. The lowest BCUT2D eigenvalue weighted by Crippen LogP contribution is -2.32. The Hall–Kier alpha value is -3.89. The average molecular weight is 389 g/mol. The normalized spacial score (nSPS) is 15.1. The minimum absolute atomic E-state index is 0.787. The molecular formula is C26H19N3O. The van der Waals surface area contributed by atoms with Crippen molar-refractivity contribution in [2.75, 3.05) is 4.90 Å². The molecule has 144 valence electrons. The summed E-state index contributed by atoms with van der Waals surface area (Å²) in [5.74, 6) is 0.787. The highest BCUT2D eigenvalue weighted by Gasteiger charge is 2.32. The van der Waals surface area contributed by atoms with Gasteiger partial charge in [0.25, 0.3) is 0 Å². The van der Waals surface area contributed by atoms with Gasteiger partial charge < -0.3 is 5.11 Å². The molecule has 0 amide bonds. The number of aliphatic hydroxyl groups is 1. The lowest BCUT2D eigenvalue weighted by molar-refractivity contribution is 0.114. The van der Waals surface area contributed by atoms with Gasteiger partial charge in [-0.25, -0.2) is 4.98 Å². The Bertz CT molecular complexity index is 1370. The monoisotopic (exact) mass is 389 g/mol. The number of fused-ring (bicyclic) bond motifs is 5. The summed E-state index contributed by atoms with van der Waals surface area (Å²) < 4.78 is 1.91. The molecule has 6 rings (SSSR count). The van der Waals surface area contributed by atoms with Crippen LogP contribution in [0.3, 0.4) is 0 Å². The van der Waals surface area contributed by atoms with E-state index in [9.17, 15) is 5.11 Å². The topological polar surface area (TPSA) is 41.3 Å². The molecular weight excluding hydrogens is 370 g/mol. The molecule has 5 aromatic rings. The molecule has 1 N–H and O–H groups in total. The third-order valence-corrected chi connectivity index (χ3v) is 5.69. The molecule has 0 radical (unpaired) electrons. The third-order valence-electron chi connectivity index (χ3n) is 5.69. The molecule has 0 spiro atoms. The number of hydrogen-bond acceptors (Lipinski definition) is 3. The number of benzene rings is 4. The molecule has 1 unspecified atom stereocenters. The summed E-state index contributed by atoms with van der Waals surface area (Å²) in [4.78, 5) is 6.79. The minimum Gasteiger partial charge on any atom is -0.356 e. The van der Waals surface area contributed by atoms with Crippen LogP contribution in [0.2, 0.25) is 0 Å². The van der Waals surface area contributed by atoms with Gasteiger partial charge in [0.2, 0.25) is 6.35 Å². The van der Waals surface area contributed by atoms with E-state index in [2.05, 4.69) is 30.3 Å². The number of rotatable bonds is 2. The molecule has 1 aliphatic rings. The SMILES string of the molecule is OC1N(c2cccc(-c3ccccc3)c2)c2ccccc2-c2nc3ccccc3n21. The van der Waals surface area contributed by atoms with Crippen LogP contribution < -0.4 is 4.90 Å². The first-order valence-electron chi connectivity index (χ1n) is 10.0. The smallest absolute Gasteiger partial charge is 0.217 e. The van der Waals surface area contributed by atoms with Crippen molar-refractivity contribution in [1.82, 2.24) is 9.55 Å². The van der Waals surface area contributed by atoms with Crippen molar-refractivity contribution >= 4 is 22.4 Å². The summed E-state index contributed by atoms with van der Waals surface area (Å²) >= 11 is 0. The summed E-state index contributed by atoms with van der Waals surface area (Å²) in [6, 6.07) is 34.6. The van der Waals surface area contributed by atoms with Gasteiger partial charge in [0, 0.05) is 11.3 Å². The van der Waals surface area contributed by atoms with E-state index in [0.29, 0.717) is 0 Å². The second-order valence-corrected chi connectivity index (χ2v) is 7.44. The van der Waals surface area contributed by atoms with Crippen LogP contribution in [0.15, 0.2) is 103 Å². The van der Waals surface area contributed by atoms with Crippen molar-refractivity contribution in [3.8, 4) is 22.5 Å². The number of aromatic nitrogens is 2.